The Hall–Kier alpha value is -1.65. The number of likely N-dealkylation sites (tertiary alicyclic amines) is 1. The van der Waals surface area contributed by atoms with E-state index >= 15 is 0 Å². The van der Waals surface area contributed by atoms with Crippen LogP contribution in [0.3, 0.4) is 0 Å². The summed E-state index contributed by atoms with van der Waals surface area (Å²) in [6, 6.07) is 14.0. The third-order valence-corrected chi connectivity index (χ3v) is 5.16. The number of amides is 1. The molecular weight excluding hydrogens is 282 g/mol. The molecule has 3 rings (SSSR count). The van der Waals surface area contributed by atoms with Gasteiger partial charge >= 0.3 is 0 Å². The maximum absolute atomic E-state index is 12.3. The highest BCUT2D eigenvalue weighted by Crippen LogP contribution is 2.36. The van der Waals surface area contributed by atoms with Gasteiger partial charge in [0.15, 0.2) is 0 Å². The molecule has 3 nitrogen and oxygen atoms in total. The van der Waals surface area contributed by atoms with Crippen LogP contribution >= 0.6 is 11.3 Å². The van der Waals surface area contributed by atoms with Gasteiger partial charge in [-0.1, -0.05) is 36.4 Å². The molecule has 1 fully saturated rings. The zero-order chi connectivity index (χ0) is 14.8. The van der Waals surface area contributed by atoms with E-state index in [-0.39, 0.29) is 17.9 Å². The van der Waals surface area contributed by atoms with Crippen LogP contribution in [0.2, 0.25) is 0 Å². The van der Waals surface area contributed by atoms with Crippen molar-refractivity contribution in [3.8, 4) is 0 Å². The highest BCUT2D eigenvalue weighted by Gasteiger charge is 2.37. The molecule has 0 aliphatic carbocycles. The second kappa shape index (κ2) is 6.00. The Labute approximate surface area is 128 Å². The number of carbonyl (C=O) groups is 1. The average molecular weight is 301 g/mol. The van der Waals surface area contributed by atoms with E-state index in [9.17, 15) is 9.90 Å². The fourth-order valence-corrected chi connectivity index (χ4v) is 3.75. The first-order chi connectivity index (χ1) is 10.2. The minimum absolute atomic E-state index is 0.0117. The third kappa shape index (κ3) is 2.87. The van der Waals surface area contributed by atoms with Crippen molar-refractivity contribution in [1.82, 2.24) is 4.90 Å². The Morgan fingerprint density at radius 1 is 1.24 bits per heavy atom. The van der Waals surface area contributed by atoms with E-state index in [1.165, 1.54) is 0 Å². The van der Waals surface area contributed by atoms with Crippen LogP contribution in [0.1, 0.15) is 35.9 Å². The fourth-order valence-electron chi connectivity index (χ4n) is 2.95. The van der Waals surface area contributed by atoms with Gasteiger partial charge in [-0.05, 0) is 23.9 Å². The van der Waals surface area contributed by atoms with E-state index in [4.69, 9.17) is 0 Å². The molecule has 0 radical (unpaired) electrons. The first kappa shape index (κ1) is 14.3. The van der Waals surface area contributed by atoms with Gasteiger partial charge in [-0.15, -0.1) is 11.3 Å². The topological polar surface area (TPSA) is 40.5 Å². The Morgan fingerprint density at radius 2 is 2.00 bits per heavy atom. The van der Waals surface area contributed by atoms with Gasteiger partial charge in [0.05, 0.1) is 12.1 Å². The summed E-state index contributed by atoms with van der Waals surface area (Å²) in [4.78, 5) is 15.1. The number of hydrogen-bond acceptors (Lipinski definition) is 3. The average Bonchev–Trinajstić information content (AvgIpc) is 3.16. The molecule has 3 unspecified atom stereocenters. The summed E-state index contributed by atoms with van der Waals surface area (Å²) in [5, 5.41) is 12.4. The summed E-state index contributed by atoms with van der Waals surface area (Å²) in [5.74, 6) is 0.120. The van der Waals surface area contributed by atoms with Crippen molar-refractivity contribution in [3.05, 3.63) is 58.3 Å². The molecule has 1 N–H and O–H groups in total. The molecule has 1 amide bonds. The van der Waals surface area contributed by atoms with E-state index in [2.05, 4.69) is 0 Å². The van der Waals surface area contributed by atoms with Crippen LogP contribution in [0, 0.1) is 5.92 Å². The van der Waals surface area contributed by atoms with Crippen LogP contribution < -0.4 is 0 Å². The lowest BCUT2D eigenvalue weighted by molar-refractivity contribution is -0.129. The van der Waals surface area contributed by atoms with Gasteiger partial charge in [-0.2, -0.15) is 0 Å². The van der Waals surface area contributed by atoms with Gasteiger partial charge in [0.1, 0.15) is 0 Å². The Bertz CT molecular complexity index is 597. The molecule has 1 aliphatic rings. The van der Waals surface area contributed by atoms with Crippen molar-refractivity contribution < 1.29 is 9.90 Å². The lowest BCUT2D eigenvalue weighted by Gasteiger charge is -2.26. The first-order valence-corrected chi connectivity index (χ1v) is 8.10. The fraction of sp³-hybridized carbons (Fsp3) is 0.353. The minimum Gasteiger partial charge on any atom is -0.387 e. The highest BCUT2D eigenvalue weighted by atomic mass is 32.1. The normalized spacial score (nSPS) is 21.5. The number of thiophene rings is 1. The molecule has 4 heteroatoms. The number of benzene rings is 1. The second-order valence-electron chi connectivity index (χ2n) is 5.56. The smallest absolute Gasteiger partial charge is 0.223 e. The molecule has 1 aromatic carbocycles. The van der Waals surface area contributed by atoms with Crippen molar-refractivity contribution in [1.29, 1.82) is 0 Å². The van der Waals surface area contributed by atoms with Crippen molar-refractivity contribution >= 4 is 17.2 Å². The standard InChI is InChI=1S/C17H19NO2S/c1-12(13-6-3-2-4-7-13)18-11-14(10-16(18)19)17(20)15-8-5-9-21-15/h2-9,12,14,17,20H,10-11H2,1H3. The Kier molecular flexibility index (Phi) is 4.08. The van der Waals surface area contributed by atoms with Crippen LogP contribution in [0.4, 0.5) is 0 Å². The molecule has 0 bridgehead atoms. The molecule has 2 heterocycles. The summed E-state index contributed by atoms with van der Waals surface area (Å²) in [6.45, 7) is 2.67. The van der Waals surface area contributed by atoms with E-state index in [0.717, 1.165) is 10.4 Å². The molecule has 1 aromatic heterocycles. The van der Waals surface area contributed by atoms with E-state index in [0.29, 0.717) is 13.0 Å². The molecule has 2 aromatic rings. The summed E-state index contributed by atoms with van der Waals surface area (Å²) in [7, 11) is 0. The summed E-state index contributed by atoms with van der Waals surface area (Å²) < 4.78 is 0. The molecule has 0 saturated carbocycles. The molecule has 0 spiro atoms. The zero-order valence-corrected chi connectivity index (χ0v) is 12.8. The zero-order valence-electron chi connectivity index (χ0n) is 12.0. The van der Waals surface area contributed by atoms with Crippen molar-refractivity contribution in [2.45, 2.75) is 25.5 Å². The lowest BCUT2D eigenvalue weighted by Crippen LogP contribution is -2.29. The van der Waals surface area contributed by atoms with E-state index < -0.39 is 6.10 Å². The van der Waals surface area contributed by atoms with Gasteiger partial charge in [0, 0.05) is 23.8 Å². The molecule has 3 atom stereocenters. The summed E-state index contributed by atoms with van der Waals surface area (Å²) >= 11 is 1.55. The van der Waals surface area contributed by atoms with Crippen LogP contribution in [-0.4, -0.2) is 22.5 Å². The molecule has 1 aliphatic heterocycles. The SMILES string of the molecule is CC(c1ccccc1)N1CC(C(O)c2cccs2)CC1=O. The van der Waals surface area contributed by atoms with Gasteiger partial charge in [0.2, 0.25) is 5.91 Å². The maximum Gasteiger partial charge on any atom is 0.223 e. The number of aliphatic hydroxyl groups is 1. The predicted octanol–water partition coefficient (Wildman–Crippen LogP) is 3.39. The number of carbonyl (C=O) groups excluding carboxylic acids is 1. The molecule has 110 valence electrons. The van der Waals surface area contributed by atoms with Gasteiger partial charge < -0.3 is 10.0 Å². The van der Waals surface area contributed by atoms with Crippen LogP contribution in [0.15, 0.2) is 47.8 Å². The Morgan fingerprint density at radius 3 is 2.67 bits per heavy atom. The van der Waals surface area contributed by atoms with Gasteiger partial charge in [-0.3, -0.25) is 4.79 Å². The lowest BCUT2D eigenvalue weighted by atomic mass is 10.0. The van der Waals surface area contributed by atoms with Gasteiger partial charge in [-0.25, -0.2) is 0 Å². The van der Waals surface area contributed by atoms with Crippen LogP contribution in [-0.2, 0) is 4.79 Å². The summed E-state index contributed by atoms with van der Waals surface area (Å²) in [5.41, 5.74) is 1.14. The number of aliphatic hydroxyl groups excluding tert-OH is 1. The van der Waals surface area contributed by atoms with E-state index in [1.54, 1.807) is 11.3 Å². The van der Waals surface area contributed by atoms with Crippen LogP contribution in [0.5, 0.6) is 0 Å². The number of nitrogens with zero attached hydrogens (tertiary/aromatic N) is 1. The second-order valence-corrected chi connectivity index (χ2v) is 6.54. The molecule has 21 heavy (non-hydrogen) atoms. The Balaban J connectivity index is 1.73. The van der Waals surface area contributed by atoms with E-state index in [1.807, 2.05) is 59.7 Å². The number of rotatable bonds is 4. The molecule has 1 saturated heterocycles. The van der Waals surface area contributed by atoms with Crippen molar-refractivity contribution in [2.24, 2.45) is 5.92 Å². The largest absolute Gasteiger partial charge is 0.387 e. The van der Waals surface area contributed by atoms with Crippen LogP contribution in [0.25, 0.3) is 0 Å². The monoisotopic (exact) mass is 301 g/mol. The summed E-state index contributed by atoms with van der Waals surface area (Å²) in [6.07, 6.45) is -0.113. The quantitative estimate of drug-likeness (QED) is 0.940. The first-order valence-electron chi connectivity index (χ1n) is 7.22. The van der Waals surface area contributed by atoms with Crippen molar-refractivity contribution in [3.63, 3.8) is 0 Å². The molecular formula is C17H19NO2S. The predicted molar refractivity (Wildman–Crippen MR) is 84.0 cm³/mol. The maximum atomic E-state index is 12.3. The highest BCUT2D eigenvalue weighted by molar-refractivity contribution is 7.10. The third-order valence-electron chi connectivity index (χ3n) is 4.22. The minimum atomic E-state index is -0.540. The van der Waals surface area contributed by atoms with Gasteiger partial charge in [0.25, 0.3) is 0 Å². The van der Waals surface area contributed by atoms with Crippen molar-refractivity contribution in [2.75, 3.05) is 6.54 Å². The number of hydrogen-bond donors (Lipinski definition) is 1.